The fourth-order valence-corrected chi connectivity index (χ4v) is 2.47. The third-order valence-corrected chi connectivity index (χ3v) is 3.69. The second-order valence-corrected chi connectivity index (χ2v) is 5.55. The predicted molar refractivity (Wildman–Crippen MR) is 77.6 cm³/mol. The minimum atomic E-state index is -4.20. The summed E-state index contributed by atoms with van der Waals surface area (Å²) in [4.78, 5) is 0. The normalized spacial score (nSPS) is 13.4. The molecule has 0 spiro atoms. The Balaban J connectivity index is 0.000000178. The zero-order valence-corrected chi connectivity index (χ0v) is 12.3. The number of hydrogen-bond donors (Lipinski definition) is 0. The molecule has 1 aliphatic carbocycles. The van der Waals surface area contributed by atoms with Crippen LogP contribution in [0.2, 0.25) is 0 Å². The van der Waals surface area contributed by atoms with Crippen LogP contribution < -0.4 is 0 Å². The summed E-state index contributed by atoms with van der Waals surface area (Å²) in [5.41, 5.74) is 1.43. The van der Waals surface area contributed by atoms with E-state index in [1.807, 2.05) is 30.3 Å². The summed E-state index contributed by atoms with van der Waals surface area (Å²) in [6.07, 6.45) is -1.50. The molecule has 0 nitrogen and oxygen atoms in total. The van der Waals surface area contributed by atoms with Gasteiger partial charge in [0.1, 0.15) is 0 Å². The van der Waals surface area contributed by atoms with E-state index < -0.39 is 11.7 Å². The zero-order valence-electron chi connectivity index (χ0n) is 10.8. The van der Waals surface area contributed by atoms with E-state index in [-0.39, 0.29) is 0 Å². The van der Waals surface area contributed by atoms with Crippen molar-refractivity contribution in [2.45, 2.75) is 25.4 Å². The molecule has 106 valence electrons. The van der Waals surface area contributed by atoms with Crippen LogP contribution in [0.25, 0.3) is 0 Å². The van der Waals surface area contributed by atoms with Gasteiger partial charge in [-0.2, -0.15) is 13.2 Å². The molecule has 0 bridgehead atoms. The molecule has 0 fully saturated rings. The lowest BCUT2D eigenvalue weighted by Crippen LogP contribution is -2.05. The van der Waals surface area contributed by atoms with Crippen LogP contribution in [0.5, 0.6) is 0 Å². The number of hydrogen-bond acceptors (Lipinski definition) is 0. The smallest absolute Gasteiger partial charge is 0.166 e. The molecule has 0 heterocycles. The van der Waals surface area contributed by atoms with Gasteiger partial charge in [0.05, 0.1) is 5.56 Å². The molecule has 2 aromatic rings. The molecular formula is C16H14BrF3. The van der Waals surface area contributed by atoms with E-state index in [4.69, 9.17) is 0 Å². The van der Waals surface area contributed by atoms with Crippen molar-refractivity contribution in [1.82, 2.24) is 0 Å². The van der Waals surface area contributed by atoms with E-state index in [1.165, 1.54) is 12.1 Å². The highest BCUT2D eigenvalue weighted by molar-refractivity contribution is 9.10. The summed E-state index contributed by atoms with van der Waals surface area (Å²) >= 11 is 3.31. The SMILES string of the molecule is Brc1ccccc1.FC(F)(F)c1ccc2c(c1)CCC2. The minimum absolute atomic E-state index is 0.520. The van der Waals surface area contributed by atoms with Gasteiger partial charge in [0, 0.05) is 4.47 Å². The Morgan fingerprint density at radius 1 is 0.850 bits per heavy atom. The Morgan fingerprint density at radius 3 is 2.05 bits per heavy atom. The van der Waals surface area contributed by atoms with E-state index in [9.17, 15) is 13.2 Å². The number of fused-ring (bicyclic) bond motifs is 1. The van der Waals surface area contributed by atoms with Crippen molar-refractivity contribution in [2.24, 2.45) is 0 Å². The van der Waals surface area contributed by atoms with Crippen molar-refractivity contribution in [2.75, 3.05) is 0 Å². The number of benzene rings is 2. The fourth-order valence-electron chi connectivity index (χ4n) is 2.16. The lowest BCUT2D eigenvalue weighted by molar-refractivity contribution is -0.137. The number of alkyl halides is 3. The molecule has 2 aromatic carbocycles. The lowest BCUT2D eigenvalue weighted by Gasteiger charge is -2.08. The van der Waals surface area contributed by atoms with Crippen LogP contribution in [-0.2, 0) is 19.0 Å². The summed E-state index contributed by atoms with van der Waals surface area (Å²) < 4.78 is 37.9. The van der Waals surface area contributed by atoms with E-state index in [2.05, 4.69) is 15.9 Å². The molecule has 3 rings (SSSR count). The summed E-state index contributed by atoms with van der Waals surface area (Å²) in [5, 5.41) is 0. The average molecular weight is 343 g/mol. The van der Waals surface area contributed by atoms with E-state index in [0.717, 1.165) is 34.9 Å². The molecule has 0 unspecified atom stereocenters. The van der Waals surface area contributed by atoms with Gasteiger partial charge < -0.3 is 0 Å². The second-order valence-electron chi connectivity index (χ2n) is 4.63. The number of aryl methyl sites for hydroxylation is 2. The van der Waals surface area contributed by atoms with Crippen LogP contribution >= 0.6 is 15.9 Å². The van der Waals surface area contributed by atoms with E-state index >= 15 is 0 Å². The third kappa shape index (κ3) is 4.10. The van der Waals surface area contributed by atoms with Gasteiger partial charge in [-0.15, -0.1) is 0 Å². The zero-order chi connectivity index (χ0) is 14.6. The third-order valence-electron chi connectivity index (χ3n) is 3.16. The second kappa shape index (κ2) is 6.44. The fraction of sp³-hybridized carbons (Fsp3) is 0.250. The highest BCUT2D eigenvalue weighted by Gasteiger charge is 2.31. The van der Waals surface area contributed by atoms with Gasteiger partial charge >= 0.3 is 6.18 Å². The largest absolute Gasteiger partial charge is 0.416 e. The summed E-state index contributed by atoms with van der Waals surface area (Å²) in [6.45, 7) is 0. The molecule has 0 radical (unpaired) electrons. The average Bonchev–Trinajstić information content (AvgIpc) is 2.86. The molecule has 0 aromatic heterocycles. The van der Waals surface area contributed by atoms with Gasteiger partial charge in [-0.25, -0.2) is 0 Å². The Bertz CT molecular complexity index is 562. The number of halogens is 4. The molecular weight excluding hydrogens is 329 g/mol. The van der Waals surface area contributed by atoms with Crippen molar-refractivity contribution >= 4 is 15.9 Å². The predicted octanol–water partition coefficient (Wildman–Crippen LogP) is 5.64. The first kappa shape index (κ1) is 15.1. The summed E-state index contributed by atoms with van der Waals surface area (Å²) in [7, 11) is 0. The van der Waals surface area contributed by atoms with Gasteiger partial charge in [0.2, 0.25) is 0 Å². The Hall–Kier alpha value is -1.29. The van der Waals surface area contributed by atoms with Crippen LogP contribution in [0.3, 0.4) is 0 Å². The van der Waals surface area contributed by atoms with E-state index in [0.29, 0.717) is 0 Å². The monoisotopic (exact) mass is 342 g/mol. The molecule has 0 atom stereocenters. The van der Waals surface area contributed by atoms with Gasteiger partial charge in [-0.05, 0) is 54.7 Å². The van der Waals surface area contributed by atoms with Crippen molar-refractivity contribution in [3.05, 3.63) is 69.7 Å². The molecule has 4 heteroatoms. The van der Waals surface area contributed by atoms with Gasteiger partial charge in [0.25, 0.3) is 0 Å². The van der Waals surface area contributed by atoms with Gasteiger partial charge in [-0.1, -0.05) is 40.2 Å². The van der Waals surface area contributed by atoms with Gasteiger partial charge in [-0.3, -0.25) is 0 Å². The number of rotatable bonds is 0. The maximum atomic E-state index is 12.3. The quantitative estimate of drug-likeness (QED) is 0.580. The van der Waals surface area contributed by atoms with Gasteiger partial charge in [0.15, 0.2) is 0 Å². The molecule has 0 saturated carbocycles. The highest BCUT2D eigenvalue weighted by Crippen LogP contribution is 2.32. The molecule has 0 aliphatic heterocycles. The first-order valence-electron chi connectivity index (χ1n) is 6.36. The van der Waals surface area contributed by atoms with Crippen LogP contribution in [0.1, 0.15) is 23.1 Å². The van der Waals surface area contributed by atoms with Crippen molar-refractivity contribution < 1.29 is 13.2 Å². The Labute approximate surface area is 124 Å². The topological polar surface area (TPSA) is 0 Å². The lowest BCUT2D eigenvalue weighted by atomic mass is 10.1. The van der Waals surface area contributed by atoms with Crippen LogP contribution in [0.4, 0.5) is 13.2 Å². The maximum Gasteiger partial charge on any atom is 0.416 e. The Kier molecular flexibility index (Phi) is 4.86. The minimum Gasteiger partial charge on any atom is -0.166 e. The van der Waals surface area contributed by atoms with Crippen LogP contribution in [0, 0.1) is 0 Å². The first-order chi connectivity index (χ1) is 9.47. The van der Waals surface area contributed by atoms with E-state index in [1.54, 1.807) is 6.07 Å². The van der Waals surface area contributed by atoms with Crippen LogP contribution in [0.15, 0.2) is 53.0 Å². The van der Waals surface area contributed by atoms with Crippen molar-refractivity contribution in [1.29, 1.82) is 0 Å². The summed E-state index contributed by atoms with van der Waals surface area (Å²) in [5.74, 6) is 0. The molecule has 1 aliphatic rings. The Morgan fingerprint density at radius 2 is 1.50 bits per heavy atom. The molecule has 0 N–H and O–H groups in total. The highest BCUT2D eigenvalue weighted by atomic mass is 79.9. The van der Waals surface area contributed by atoms with Crippen molar-refractivity contribution in [3.8, 4) is 0 Å². The molecule has 0 saturated heterocycles. The first-order valence-corrected chi connectivity index (χ1v) is 7.15. The molecule has 0 amide bonds. The molecule has 20 heavy (non-hydrogen) atoms. The standard InChI is InChI=1S/C10H9F3.C6H5Br/c11-10(12,13)9-5-4-7-2-1-3-8(7)6-9;7-6-4-2-1-3-5-6/h4-6H,1-3H2;1-5H. The summed E-state index contributed by atoms with van der Waals surface area (Å²) in [6, 6.07) is 14.0. The maximum absolute atomic E-state index is 12.3. The van der Waals surface area contributed by atoms with Crippen molar-refractivity contribution in [3.63, 3.8) is 0 Å². The van der Waals surface area contributed by atoms with Crippen LogP contribution in [-0.4, -0.2) is 0 Å².